The maximum atomic E-state index is 6.19. The van der Waals surface area contributed by atoms with Gasteiger partial charge >= 0.3 is 0 Å². The number of halogens is 2. The number of hydrogen-bond acceptors (Lipinski definition) is 1. The highest BCUT2D eigenvalue weighted by atomic mass is 127. The van der Waals surface area contributed by atoms with Crippen molar-refractivity contribution in [1.29, 1.82) is 0 Å². The van der Waals surface area contributed by atoms with Gasteiger partial charge in [0.15, 0.2) is 0 Å². The lowest BCUT2D eigenvalue weighted by atomic mass is 10.1. The summed E-state index contributed by atoms with van der Waals surface area (Å²) >= 11 is 6.01. The highest BCUT2D eigenvalue weighted by Gasteiger charge is 2.21. The quantitative estimate of drug-likeness (QED) is 0.522. The minimum absolute atomic E-state index is 0.235. The van der Waals surface area contributed by atoms with E-state index in [1.165, 1.54) is 31.2 Å². The molecule has 0 aromatic heterocycles. The molecule has 0 heterocycles. The molecule has 0 saturated heterocycles. The van der Waals surface area contributed by atoms with Gasteiger partial charge in [-0.05, 0) is 24.5 Å². The zero-order chi connectivity index (χ0) is 11.4. The van der Waals surface area contributed by atoms with E-state index in [1.807, 2.05) is 6.07 Å². The summed E-state index contributed by atoms with van der Waals surface area (Å²) in [4.78, 5) is 0. The van der Waals surface area contributed by atoms with E-state index < -0.39 is 0 Å². The van der Waals surface area contributed by atoms with Crippen LogP contribution in [0.5, 0.6) is 0 Å². The minimum Gasteiger partial charge on any atom is -0.369 e. The van der Waals surface area contributed by atoms with E-state index in [1.54, 1.807) is 0 Å². The summed E-state index contributed by atoms with van der Waals surface area (Å²) in [5.74, 6) is 0. The zero-order valence-electron chi connectivity index (χ0n) is 9.16. The SMILES string of the molecule is Brc1ccccc1C(CI)OC1CCCC1. The highest BCUT2D eigenvalue weighted by Crippen LogP contribution is 2.32. The Kier molecular flexibility index (Phi) is 5.10. The normalized spacial score (nSPS) is 18.9. The molecule has 1 aromatic carbocycles. The molecule has 1 fully saturated rings. The zero-order valence-corrected chi connectivity index (χ0v) is 12.9. The Morgan fingerprint density at radius 1 is 1.31 bits per heavy atom. The average molecular weight is 395 g/mol. The Morgan fingerprint density at radius 2 is 2.00 bits per heavy atom. The third-order valence-electron chi connectivity index (χ3n) is 3.05. The number of alkyl halides is 1. The van der Waals surface area contributed by atoms with Gasteiger partial charge in [-0.1, -0.05) is 69.6 Å². The van der Waals surface area contributed by atoms with Crippen LogP contribution in [-0.4, -0.2) is 10.5 Å². The van der Waals surface area contributed by atoms with Crippen LogP contribution >= 0.6 is 38.5 Å². The van der Waals surface area contributed by atoms with Crippen molar-refractivity contribution >= 4 is 38.5 Å². The van der Waals surface area contributed by atoms with Crippen LogP contribution in [0.1, 0.15) is 37.4 Å². The molecule has 1 unspecified atom stereocenters. The first-order valence-corrected chi connectivity index (χ1v) is 8.09. The van der Waals surface area contributed by atoms with Crippen molar-refractivity contribution in [2.45, 2.75) is 37.9 Å². The first kappa shape index (κ1) is 12.8. The lowest BCUT2D eigenvalue weighted by molar-refractivity contribution is 0.00490. The molecule has 2 rings (SSSR count). The molecule has 0 radical (unpaired) electrons. The molecule has 3 heteroatoms. The van der Waals surface area contributed by atoms with Crippen LogP contribution in [0.15, 0.2) is 28.7 Å². The van der Waals surface area contributed by atoms with Crippen molar-refractivity contribution < 1.29 is 4.74 Å². The molecule has 1 atom stereocenters. The van der Waals surface area contributed by atoms with Gasteiger partial charge in [0, 0.05) is 8.90 Å². The molecule has 0 spiro atoms. The van der Waals surface area contributed by atoms with Gasteiger partial charge in [-0.3, -0.25) is 0 Å². The summed E-state index contributed by atoms with van der Waals surface area (Å²) in [6.07, 6.45) is 5.84. The molecule has 0 bridgehead atoms. The van der Waals surface area contributed by atoms with Gasteiger partial charge in [0.2, 0.25) is 0 Å². The molecule has 1 aliphatic rings. The number of hydrogen-bond donors (Lipinski definition) is 0. The molecule has 0 N–H and O–H groups in total. The highest BCUT2D eigenvalue weighted by molar-refractivity contribution is 14.1. The Balaban J connectivity index is 2.06. The van der Waals surface area contributed by atoms with E-state index in [9.17, 15) is 0 Å². The predicted octanol–water partition coefficient (Wildman–Crippen LogP) is 4.88. The van der Waals surface area contributed by atoms with E-state index in [0.717, 1.165) is 8.90 Å². The number of rotatable bonds is 4. The fraction of sp³-hybridized carbons (Fsp3) is 0.538. The second-order valence-electron chi connectivity index (χ2n) is 4.21. The van der Waals surface area contributed by atoms with Gasteiger partial charge in [0.05, 0.1) is 12.2 Å². The monoisotopic (exact) mass is 394 g/mol. The smallest absolute Gasteiger partial charge is 0.0928 e. The maximum absolute atomic E-state index is 6.19. The minimum atomic E-state index is 0.235. The van der Waals surface area contributed by atoms with Crippen LogP contribution in [0.2, 0.25) is 0 Å². The van der Waals surface area contributed by atoms with E-state index in [0.29, 0.717) is 6.10 Å². The Morgan fingerprint density at radius 3 is 2.62 bits per heavy atom. The van der Waals surface area contributed by atoms with Gasteiger partial charge in [-0.2, -0.15) is 0 Å². The topological polar surface area (TPSA) is 9.23 Å². The molecule has 88 valence electrons. The molecular weight excluding hydrogens is 379 g/mol. The molecule has 1 aromatic rings. The molecule has 1 nitrogen and oxygen atoms in total. The maximum Gasteiger partial charge on any atom is 0.0928 e. The van der Waals surface area contributed by atoms with Crippen LogP contribution in [0, 0.1) is 0 Å². The fourth-order valence-electron chi connectivity index (χ4n) is 2.19. The standard InChI is InChI=1S/C13H16BrIO/c14-12-8-4-3-7-11(12)13(9-15)16-10-5-1-2-6-10/h3-4,7-8,10,13H,1-2,5-6,9H2. The first-order chi connectivity index (χ1) is 7.81. The van der Waals surface area contributed by atoms with Gasteiger partial charge in [-0.15, -0.1) is 0 Å². The molecule has 16 heavy (non-hydrogen) atoms. The largest absolute Gasteiger partial charge is 0.369 e. The Hall–Kier alpha value is 0.390. The summed E-state index contributed by atoms with van der Waals surface area (Å²) in [5, 5.41) is 0. The summed E-state index contributed by atoms with van der Waals surface area (Å²) in [6, 6.07) is 8.37. The third-order valence-corrected chi connectivity index (χ3v) is 4.57. The molecule has 1 aliphatic carbocycles. The predicted molar refractivity (Wildman–Crippen MR) is 79.1 cm³/mol. The van der Waals surface area contributed by atoms with Gasteiger partial charge in [-0.25, -0.2) is 0 Å². The van der Waals surface area contributed by atoms with Crippen LogP contribution in [0.4, 0.5) is 0 Å². The van der Waals surface area contributed by atoms with Crippen molar-refractivity contribution in [3.05, 3.63) is 34.3 Å². The molecule has 0 amide bonds. The second kappa shape index (κ2) is 6.36. The molecular formula is C13H16BrIO. The van der Waals surface area contributed by atoms with Crippen molar-refractivity contribution in [1.82, 2.24) is 0 Å². The van der Waals surface area contributed by atoms with Crippen LogP contribution in [0.3, 0.4) is 0 Å². The Bertz CT molecular complexity index is 336. The Labute approximate surface area is 119 Å². The summed E-state index contributed by atoms with van der Waals surface area (Å²) in [5.41, 5.74) is 1.28. The fourth-order valence-corrected chi connectivity index (χ4v) is 3.41. The number of benzene rings is 1. The van der Waals surface area contributed by atoms with E-state index in [4.69, 9.17) is 4.74 Å². The van der Waals surface area contributed by atoms with Crippen molar-refractivity contribution in [3.63, 3.8) is 0 Å². The summed E-state index contributed by atoms with van der Waals surface area (Å²) < 4.78 is 8.36. The number of ether oxygens (including phenoxy) is 1. The van der Waals surface area contributed by atoms with Crippen LogP contribution < -0.4 is 0 Å². The van der Waals surface area contributed by atoms with Crippen LogP contribution in [0.25, 0.3) is 0 Å². The lowest BCUT2D eigenvalue weighted by Gasteiger charge is -2.21. The summed E-state index contributed by atoms with van der Waals surface area (Å²) in [7, 11) is 0. The second-order valence-corrected chi connectivity index (χ2v) is 5.94. The van der Waals surface area contributed by atoms with Gasteiger partial charge in [0.25, 0.3) is 0 Å². The summed E-state index contributed by atoms with van der Waals surface area (Å²) in [6.45, 7) is 0. The first-order valence-electron chi connectivity index (χ1n) is 5.77. The van der Waals surface area contributed by atoms with Gasteiger partial charge < -0.3 is 4.74 Å². The van der Waals surface area contributed by atoms with E-state index >= 15 is 0 Å². The van der Waals surface area contributed by atoms with Crippen LogP contribution in [-0.2, 0) is 4.74 Å². The van der Waals surface area contributed by atoms with Crippen molar-refractivity contribution in [3.8, 4) is 0 Å². The lowest BCUT2D eigenvalue weighted by Crippen LogP contribution is -2.15. The van der Waals surface area contributed by atoms with Crippen molar-refractivity contribution in [2.75, 3.05) is 4.43 Å². The van der Waals surface area contributed by atoms with Crippen molar-refractivity contribution in [2.24, 2.45) is 0 Å². The van der Waals surface area contributed by atoms with E-state index in [-0.39, 0.29) is 6.10 Å². The third kappa shape index (κ3) is 3.20. The molecule has 0 aliphatic heterocycles. The average Bonchev–Trinajstić information content (AvgIpc) is 2.80. The van der Waals surface area contributed by atoms with Gasteiger partial charge in [0.1, 0.15) is 0 Å². The van der Waals surface area contributed by atoms with E-state index in [2.05, 4.69) is 56.7 Å². The molecule has 1 saturated carbocycles.